The second-order valence-corrected chi connectivity index (χ2v) is 4.00. The first-order valence-electron chi connectivity index (χ1n) is 5.49. The van der Waals surface area contributed by atoms with E-state index >= 15 is 0 Å². The lowest BCUT2D eigenvalue weighted by Crippen LogP contribution is -2.44. The zero-order valence-electron chi connectivity index (χ0n) is 9.32. The van der Waals surface area contributed by atoms with Gasteiger partial charge in [-0.3, -0.25) is 4.79 Å². The molecule has 0 radical (unpaired) electrons. The second-order valence-electron chi connectivity index (χ2n) is 4.00. The zero-order valence-corrected chi connectivity index (χ0v) is 9.32. The highest BCUT2D eigenvalue weighted by molar-refractivity contribution is 5.74. The number of carbonyl (C=O) groups is 2. The van der Waals surface area contributed by atoms with Crippen molar-refractivity contribution in [1.82, 2.24) is 10.2 Å². The van der Waals surface area contributed by atoms with Crippen LogP contribution in [0.25, 0.3) is 0 Å². The highest BCUT2D eigenvalue weighted by atomic mass is 16.4. The summed E-state index contributed by atoms with van der Waals surface area (Å²) in [6.45, 7) is 5.27. The fourth-order valence-electron chi connectivity index (χ4n) is 1.86. The van der Waals surface area contributed by atoms with Gasteiger partial charge in [0.15, 0.2) is 0 Å². The van der Waals surface area contributed by atoms with Crippen molar-refractivity contribution in [3.05, 3.63) is 12.7 Å². The van der Waals surface area contributed by atoms with E-state index in [0.717, 1.165) is 12.8 Å². The fraction of sp³-hybridized carbons (Fsp3) is 0.636. The summed E-state index contributed by atoms with van der Waals surface area (Å²) in [6.07, 6.45) is 3.39. The molecule has 0 atom stereocenters. The lowest BCUT2D eigenvalue weighted by molar-refractivity contribution is -0.138. The third-order valence-electron chi connectivity index (χ3n) is 2.76. The summed E-state index contributed by atoms with van der Waals surface area (Å²) in [5.74, 6) is -0.546. The molecule has 0 unspecified atom stereocenters. The number of carboxylic acids is 1. The number of nitrogens with zero attached hydrogens (tertiary/aromatic N) is 1. The van der Waals surface area contributed by atoms with E-state index in [0.29, 0.717) is 19.6 Å². The molecule has 5 heteroatoms. The molecule has 0 aromatic rings. The van der Waals surface area contributed by atoms with Crippen LogP contribution in [0.3, 0.4) is 0 Å². The van der Waals surface area contributed by atoms with Gasteiger partial charge in [-0.25, -0.2) is 4.79 Å². The largest absolute Gasteiger partial charge is 0.481 e. The first kappa shape index (κ1) is 12.5. The topological polar surface area (TPSA) is 69.6 Å². The number of amides is 2. The van der Waals surface area contributed by atoms with E-state index in [1.807, 2.05) is 0 Å². The first-order valence-corrected chi connectivity index (χ1v) is 5.49. The van der Waals surface area contributed by atoms with Crippen LogP contribution in [0.5, 0.6) is 0 Å². The summed E-state index contributed by atoms with van der Waals surface area (Å²) in [6, 6.07) is -0.0892. The predicted octanol–water partition coefficient (Wildman–Crippen LogP) is 1.07. The molecule has 1 heterocycles. The maximum absolute atomic E-state index is 11.5. The van der Waals surface area contributed by atoms with Gasteiger partial charge in [0.1, 0.15) is 0 Å². The molecular weight excluding hydrogens is 208 g/mol. The molecule has 0 aromatic carbocycles. The van der Waals surface area contributed by atoms with E-state index < -0.39 is 5.97 Å². The van der Waals surface area contributed by atoms with Crippen LogP contribution in [0.2, 0.25) is 0 Å². The SMILES string of the molecule is C=CCNC(=O)N1CCC(CC(=O)O)CC1. The zero-order chi connectivity index (χ0) is 12.0. The maximum Gasteiger partial charge on any atom is 0.317 e. The van der Waals surface area contributed by atoms with Crippen molar-refractivity contribution in [3.8, 4) is 0 Å². The molecule has 0 bridgehead atoms. The molecular formula is C11H18N2O3. The van der Waals surface area contributed by atoms with Gasteiger partial charge in [-0.15, -0.1) is 6.58 Å². The van der Waals surface area contributed by atoms with E-state index in [9.17, 15) is 9.59 Å². The van der Waals surface area contributed by atoms with Crippen LogP contribution in [0.4, 0.5) is 4.79 Å². The van der Waals surface area contributed by atoms with Crippen molar-refractivity contribution < 1.29 is 14.7 Å². The Balaban J connectivity index is 2.28. The smallest absolute Gasteiger partial charge is 0.317 e. The molecule has 5 nitrogen and oxygen atoms in total. The van der Waals surface area contributed by atoms with Crippen LogP contribution in [-0.4, -0.2) is 41.6 Å². The number of piperidine rings is 1. The summed E-state index contributed by atoms with van der Waals surface area (Å²) in [7, 11) is 0. The molecule has 1 fully saturated rings. The maximum atomic E-state index is 11.5. The monoisotopic (exact) mass is 226 g/mol. The number of carbonyl (C=O) groups excluding carboxylic acids is 1. The van der Waals surface area contributed by atoms with Crippen molar-refractivity contribution in [2.75, 3.05) is 19.6 Å². The molecule has 2 amide bonds. The van der Waals surface area contributed by atoms with E-state index in [1.54, 1.807) is 11.0 Å². The predicted molar refractivity (Wildman–Crippen MR) is 60.1 cm³/mol. The van der Waals surface area contributed by atoms with Crippen molar-refractivity contribution >= 4 is 12.0 Å². The van der Waals surface area contributed by atoms with Crippen molar-refractivity contribution in [2.24, 2.45) is 5.92 Å². The Bertz CT molecular complexity index is 270. The number of rotatable bonds is 4. The van der Waals surface area contributed by atoms with Crippen molar-refractivity contribution in [3.63, 3.8) is 0 Å². The molecule has 0 aliphatic carbocycles. The molecule has 1 rings (SSSR count). The third-order valence-corrected chi connectivity index (χ3v) is 2.76. The van der Waals surface area contributed by atoms with Crippen LogP contribution in [0.1, 0.15) is 19.3 Å². The molecule has 0 spiro atoms. The quantitative estimate of drug-likeness (QED) is 0.704. The Morgan fingerprint density at radius 3 is 2.56 bits per heavy atom. The van der Waals surface area contributed by atoms with E-state index in [4.69, 9.17) is 5.11 Å². The van der Waals surface area contributed by atoms with Crippen molar-refractivity contribution in [1.29, 1.82) is 0 Å². The van der Waals surface area contributed by atoms with Gasteiger partial charge in [-0.05, 0) is 18.8 Å². The van der Waals surface area contributed by atoms with Crippen LogP contribution in [0.15, 0.2) is 12.7 Å². The highest BCUT2D eigenvalue weighted by Crippen LogP contribution is 2.20. The third kappa shape index (κ3) is 3.92. The van der Waals surface area contributed by atoms with Crippen LogP contribution >= 0.6 is 0 Å². The average Bonchev–Trinajstić information content (AvgIpc) is 2.26. The summed E-state index contributed by atoms with van der Waals surface area (Å²) in [5, 5.41) is 11.4. The number of carboxylic acid groups (broad SMARTS) is 1. The summed E-state index contributed by atoms with van der Waals surface area (Å²) >= 11 is 0. The lowest BCUT2D eigenvalue weighted by Gasteiger charge is -2.31. The van der Waals surface area contributed by atoms with Crippen LogP contribution in [-0.2, 0) is 4.79 Å². The number of hydrogen-bond donors (Lipinski definition) is 2. The minimum atomic E-state index is -0.755. The van der Waals surface area contributed by atoms with Gasteiger partial charge in [0.25, 0.3) is 0 Å². The molecule has 1 aliphatic heterocycles. The number of likely N-dealkylation sites (tertiary alicyclic amines) is 1. The second kappa shape index (κ2) is 6.15. The summed E-state index contributed by atoms with van der Waals surface area (Å²) < 4.78 is 0. The molecule has 2 N–H and O–H groups in total. The first-order chi connectivity index (χ1) is 7.63. The van der Waals surface area contributed by atoms with E-state index in [2.05, 4.69) is 11.9 Å². The fourth-order valence-corrected chi connectivity index (χ4v) is 1.86. The van der Waals surface area contributed by atoms with Crippen LogP contribution < -0.4 is 5.32 Å². The van der Waals surface area contributed by atoms with Gasteiger partial charge >= 0.3 is 12.0 Å². The Morgan fingerprint density at radius 2 is 2.06 bits per heavy atom. The van der Waals surface area contributed by atoms with E-state index in [-0.39, 0.29) is 18.4 Å². The van der Waals surface area contributed by atoms with Gasteiger partial charge in [0.2, 0.25) is 0 Å². The Hall–Kier alpha value is -1.52. The van der Waals surface area contributed by atoms with E-state index in [1.165, 1.54) is 0 Å². The molecule has 0 saturated carbocycles. The molecule has 1 saturated heterocycles. The highest BCUT2D eigenvalue weighted by Gasteiger charge is 2.23. The number of aliphatic carboxylic acids is 1. The summed E-state index contributed by atoms with van der Waals surface area (Å²) in [5.41, 5.74) is 0. The average molecular weight is 226 g/mol. The number of urea groups is 1. The van der Waals surface area contributed by atoms with Gasteiger partial charge in [-0.2, -0.15) is 0 Å². The van der Waals surface area contributed by atoms with Gasteiger partial charge in [-0.1, -0.05) is 6.08 Å². The Morgan fingerprint density at radius 1 is 1.44 bits per heavy atom. The minimum absolute atomic E-state index is 0.0892. The van der Waals surface area contributed by atoms with Crippen LogP contribution in [0, 0.1) is 5.92 Å². The molecule has 90 valence electrons. The normalized spacial score (nSPS) is 16.9. The van der Waals surface area contributed by atoms with Gasteiger partial charge in [0, 0.05) is 26.1 Å². The number of hydrogen-bond acceptors (Lipinski definition) is 2. The standard InChI is InChI=1S/C11H18N2O3/c1-2-5-12-11(16)13-6-3-9(4-7-13)8-10(14)15/h2,9H,1,3-8H2,(H,12,16)(H,14,15). The molecule has 0 aromatic heterocycles. The van der Waals surface area contributed by atoms with Crippen molar-refractivity contribution in [2.45, 2.75) is 19.3 Å². The Labute approximate surface area is 95.1 Å². The summed E-state index contributed by atoms with van der Waals surface area (Å²) in [4.78, 5) is 23.8. The molecule has 16 heavy (non-hydrogen) atoms. The van der Waals surface area contributed by atoms with Gasteiger partial charge < -0.3 is 15.3 Å². The lowest BCUT2D eigenvalue weighted by atomic mass is 9.94. The Kier molecular flexibility index (Phi) is 4.82. The van der Waals surface area contributed by atoms with Gasteiger partial charge in [0.05, 0.1) is 0 Å². The minimum Gasteiger partial charge on any atom is -0.481 e. The molecule has 1 aliphatic rings. The number of nitrogens with one attached hydrogen (secondary N) is 1.